The number of rotatable bonds is 9. The maximum Gasteiger partial charge on any atom is 0.249 e. The lowest BCUT2D eigenvalue weighted by atomic mass is 10.1. The van der Waals surface area contributed by atoms with Crippen LogP contribution in [-0.2, 0) is 75.2 Å². The van der Waals surface area contributed by atoms with E-state index in [0.29, 0.717) is 88.4 Å². The Morgan fingerprint density at radius 2 is 0.684 bits per heavy atom. The summed E-state index contributed by atoms with van der Waals surface area (Å²) < 4.78 is 15.0. The van der Waals surface area contributed by atoms with Gasteiger partial charge in [-0.1, -0.05) is 112 Å². The molecular weight excluding hydrogens is 1950 g/mol. The summed E-state index contributed by atoms with van der Waals surface area (Å²) in [5, 5.41) is 27.1. The molecule has 6 aromatic carbocycles. The van der Waals surface area contributed by atoms with Crippen molar-refractivity contribution in [2.24, 2.45) is 0 Å². The molecule has 36 heteroatoms. The third-order valence-corrected chi connectivity index (χ3v) is 29.2. The Hall–Kier alpha value is -13.5. The Bertz CT molecular complexity index is 7990. The van der Waals surface area contributed by atoms with E-state index in [-0.39, 0.29) is 101 Å². The van der Waals surface area contributed by atoms with Gasteiger partial charge in [0.15, 0.2) is 0 Å². The van der Waals surface area contributed by atoms with Crippen molar-refractivity contribution < 1.29 is 62.3 Å². The quantitative estimate of drug-likeness (QED) is 0.0731. The van der Waals surface area contributed by atoms with Crippen molar-refractivity contribution in [1.29, 1.82) is 0 Å². The number of aryl methyl sites for hydroxylation is 2. The van der Waals surface area contributed by atoms with Crippen LogP contribution < -0.4 is 31.9 Å². The van der Waals surface area contributed by atoms with Crippen molar-refractivity contribution in [1.82, 2.24) is 84.2 Å². The van der Waals surface area contributed by atoms with Crippen LogP contribution in [0.25, 0.3) is 129 Å². The van der Waals surface area contributed by atoms with E-state index in [1.165, 1.54) is 29.6 Å². The standard InChI is InChI=1S/C19H17N3O3.C18H17N3O2.C17H14BrN3O2.C15H11BrN2O2S.C14H10BrN3O2S.C14H11N3O2S/c1-11(23)10-12-6-7-14-13-4-2-3-5-15(13)22(18(14)20-12)16-8-9-17(24)21-19(16)25;1-2-11-7-8-13-12-5-3-4-6-14(12)21(17(13)19-11)15-9-10-16(22)20-18(15)23;1-9-2-4-11-12-8-10(18)3-5-13(12)21(16(11)19-9)14-6-7-15(22)20-17(14)23;16-9-7-21-15-13(9)8-3-1-2-4-10(8)18(15)11-5-6-12(19)17-14(11)20;15-7-1-2-9-8(5-7)12-14(21-6-16-12)18(9)10-3-4-11(19)17-13(10)20;18-11-6-5-10(13(19)16-11)17-9-4-2-1-3-8(9)12-14(17)20-7-15-12/h2-7,16H,8-10H2,1H3,(H,21,24,25);3-8,15H,2,9-10H2,1H3,(H,20,22,23);2-5,8,14H,6-7H2,1H3,(H,20,22,23);1-4,7,11H,5-6H2,(H,17,19,20);1-2,5-6,10H,3-4H2,(H,17,19,20);1-4,7,10H,5-6H2,(H,16,18,19). The number of imide groups is 6. The molecule has 0 saturated carbocycles. The van der Waals surface area contributed by atoms with Gasteiger partial charge >= 0.3 is 0 Å². The van der Waals surface area contributed by atoms with Gasteiger partial charge in [0, 0.05) is 129 Å². The first-order valence-corrected chi connectivity index (χ1v) is 48.2. The first-order valence-electron chi connectivity index (χ1n) is 43.2. The zero-order valence-electron chi connectivity index (χ0n) is 71.3. The van der Waals surface area contributed by atoms with Gasteiger partial charge in [-0.15, -0.1) is 34.0 Å². The van der Waals surface area contributed by atoms with Gasteiger partial charge in [0.05, 0.1) is 49.8 Å². The maximum atomic E-state index is 12.4. The lowest BCUT2D eigenvalue weighted by Crippen LogP contribution is -2.41. The summed E-state index contributed by atoms with van der Waals surface area (Å²) in [4.78, 5) is 180. The summed E-state index contributed by atoms with van der Waals surface area (Å²) in [6, 6.07) is 53.3. The number of hydrogen-bond donors (Lipinski definition) is 6. The third-order valence-electron chi connectivity index (χ3n) is 24.7. The number of nitrogens with one attached hydrogen (secondary N) is 6. The Kier molecular flexibility index (Phi) is 24.6. The highest BCUT2D eigenvalue weighted by Crippen LogP contribution is 2.45. The van der Waals surface area contributed by atoms with E-state index in [2.05, 4.69) is 123 Å². The number of pyridine rings is 3. The minimum Gasteiger partial charge on any atom is -0.320 e. The number of thiazole rings is 2. The molecular formula is C97H80Br3N17O13S3. The number of para-hydroxylation sites is 4. The molecule has 6 aliphatic heterocycles. The second kappa shape index (κ2) is 36.9. The van der Waals surface area contributed by atoms with Gasteiger partial charge in [-0.05, 0) is 172 Å². The van der Waals surface area contributed by atoms with Gasteiger partial charge in [0.2, 0.25) is 70.9 Å². The van der Waals surface area contributed by atoms with Crippen LogP contribution in [0.1, 0.15) is 144 Å². The van der Waals surface area contributed by atoms with Crippen molar-refractivity contribution in [3.63, 3.8) is 0 Å². The number of piperidine rings is 6. The fourth-order valence-electron chi connectivity index (χ4n) is 18.8. The molecule has 133 heavy (non-hydrogen) atoms. The van der Waals surface area contributed by atoms with Gasteiger partial charge in [-0.25, -0.2) is 24.9 Å². The molecule has 0 spiro atoms. The third kappa shape index (κ3) is 16.9. The van der Waals surface area contributed by atoms with Gasteiger partial charge in [-0.2, -0.15) is 0 Å². The molecule has 30 nitrogen and oxygen atoms in total. The number of Topliss-reactive ketones (excluding diaryl/α,β-unsaturated/α-hetero) is 1. The Morgan fingerprint density at radius 1 is 0.353 bits per heavy atom. The van der Waals surface area contributed by atoms with E-state index in [1.807, 2.05) is 193 Å². The van der Waals surface area contributed by atoms with Crippen molar-refractivity contribution in [3.05, 3.63) is 217 Å². The second-order valence-corrected chi connectivity index (χ2v) is 38.3. The summed E-state index contributed by atoms with van der Waals surface area (Å²) in [5.74, 6) is -2.67. The highest BCUT2D eigenvalue weighted by molar-refractivity contribution is 9.11. The molecule has 6 atom stereocenters. The lowest BCUT2D eigenvalue weighted by Gasteiger charge is -2.23. The number of carbonyl (C=O) groups excluding carboxylic acids is 13. The normalized spacial score (nSPS) is 18.9. The van der Waals surface area contributed by atoms with Crippen molar-refractivity contribution in [2.75, 3.05) is 0 Å². The smallest absolute Gasteiger partial charge is 0.249 e. The molecule has 6 unspecified atom stereocenters. The molecule has 12 amide bonds. The highest BCUT2D eigenvalue weighted by Gasteiger charge is 2.38. The molecule has 18 heterocycles. The van der Waals surface area contributed by atoms with E-state index >= 15 is 0 Å². The van der Waals surface area contributed by atoms with E-state index in [0.717, 1.165) is 155 Å². The second-order valence-electron chi connectivity index (χ2n) is 33.1. The predicted molar refractivity (Wildman–Crippen MR) is 519 cm³/mol. The van der Waals surface area contributed by atoms with E-state index in [9.17, 15) is 62.3 Å². The number of thiophene rings is 1. The van der Waals surface area contributed by atoms with Crippen molar-refractivity contribution in [2.45, 2.75) is 147 Å². The number of benzene rings is 6. The molecule has 6 N–H and O–H groups in total. The van der Waals surface area contributed by atoms with E-state index < -0.39 is 18.1 Å². The summed E-state index contributed by atoms with van der Waals surface area (Å²) >= 11 is 15.2. The zero-order chi connectivity index (χ0) is 92.5. The van der Waals surface area contributed by atoms with Gasteiger partial charge in [0.25, 0.3) is 0 Å². The number of aromatic nitrogens is 11. The van der Waals surface area contributed by atoms with Crippen LogP contribution in [-0.4, -0.2) is 129 Å². The zero-order valence-corrected chi connectivity index (χ0v) is 78.6. The van der Waals surface area contributed by atoms with Crippen LogP contribution in [0.3, 0.4) is 0 Å². The van der Waals surface area contributed by atoms with Gasteiger partial charge in [-0.3, -0.25) is 94.2 Å². The number of hydrogen-bond acceptors (Lipinski definition) is 21. The SMILES string of the molecule is CC(=O)Cc1ccc2c3ccccc3n(C3CCC(=O)NC3=O)c2n1.CCc1ccc2c3ccccc3n(C3CCC(=O)NC3=O)c2n1.Cc1ccc2c3cc(Br)ccc3n(C3CCC(=O)NC3=O)c2n1.O=C1CCC(n2c3ccc(Br)cc3c3ncsc32)C(=O)N1.O=C1CCC(n2c3ccccc3c3c(Br)csc32)C(=O)N1.O=C1CCC(n2c3ccccc3c3ncsc32)C(=O)N1. The molecule has 0 radical (unpaired) electrons. The number of amides is 12. The molecule has 12 aromatic heterocycles. The summed E-state index contributed by atoms with van der Waals surface area (Å²) in [6.45, 7) is 5.52. The number of halogens is 3. The predicted octanol–water partition coefficient (Wildman–Crippen LogP) is 17.1. The Balaban J connectivity index is 0.000000103. The monoisotopic (exact) mass is 2020 g/mol. The molecule has 0 bridgehead atoms. The summed E-state index contributed by atoms with van der Waals surface area (Å²) in [7, 11) is 0. The van der Waals surface area contributed by atoms with Gasteiger partial charge in [0.1, 0.15) is 84.5 Å². The van der Waals surface area contributed by atoms with Crippen LogP contribution in [0.4, 0.5) is 0 Å². The maximum absolute atomic E-state index is 12.4. The first-order chi connectivity index (χ1) is 64.3. The van der Waals surface area contributed by atoms with E-state index in [4.69, 9.17) is 4.98 Å². The van der Waals surface area contributed by atoms with Crippen LogP contribution in [0.5, 0.6) is 0 Å². The fraction of sp³-hybridized carbons (Fsp3) is 0.237. The van der Waals surface area contributed by atoms with Crippen molar-refractivity contribution >= 4 is 288 Å². The van der Waals surface area contributed by atoms with E-state index in [1.54, 1.807) is 22.4 Å². The Labute approximate surface area is 792 Å². The fourth-order valence-corrected chi connectivity index (χ4v) is 23.0. The van der Waals surface area contributed by atoms with Crippen LogP contribution in [0.15, 0.2) is 200 Å². The number of nitrogens with zero attached hydrogens (tertiary/aromatic N) is 11. The number of fused-ring (bicyclic) bond motifs is 18. The summed E-state index contributed by atoms with van der Waals surface area (Å²) in [6.07, 6.45) is 6.30. The molecule has 670 valence electrons. The molecule has 6 fully saturated rings. The average molecular weight is 2030 g/mol. The number of ketones is 1. The molecule has 6 aliphatic rings. The molecule has 24 rings (SSSR count). The highest BCUT2D eigenvalue weighted by atomic mass is 79.9. The average Bonchev–Trinajstić information content (AvgIpc) is 1.60. The van der Waals surface area contributed by atoms with Gasteiger partial charge < -0.3 is 27.4 Å². The minimum absolute atomic E-state index is 0.0375. The minimum atomic E-state index is -0.486. The molecule has 6 saturated heterocycles. The first kappa shape index (κ1) is 88.7. The lowest BCUT2D eigenvalue weighted by molar-refractivity contribution is -0.137. The Morgan fingerprint density at radius 3 is 1.11 bits per heavy atom. The molecule has 0 aliphatic carbocycles. The van der Waals surface area contributed by atoms with Crippen LogP contribution in [0.2, 0.25) is 0 Å². The van der Waals surface area contributed by atoms with Crippen LogP contribution >= 0.6 is 81.8 Å². The largest absolute Gasteiger partial charge is 0.320 e. The summed E-state index contributed by atoms with van der Waals surface area (Å²) in [5.41, 5.74) is 16.1. The molecule has 18 aromatic rings. The van der Waals surface area contributed by atoms with Crippen LogP contribution in [0, 0.1) is 6.92 Å². The topological polar surface area (TPSA) is 388 Å². The van der Waals surface area contributed by atoms with Crippen molar-refractivity contribution in [3.8, 4) is 0 Å². The number of carbonyl (C=O) groups is 13.